The van der Waals surface area contributed by atoms with Gasteiger partial charge >= 0.3 is 0 Å². The van der Waals surface area contributed by atoms with Gasteiger partial charge in [-0.05, 0) is 37.8 Å². The fourth-order valence-electron chi connectivity index (χ4n) is 1.23. The van der Waals surface area contributed by atoms with E-state index in [-0.39, 0.29) is 4.75 Å². The SMILES string of the molecule is CC(C)c1ccc(C=N[S@](=O)C(C)(C)C)cc1. The highest BCUT2D eigenvalue weighted by Gasteiger charge is 2.17. The minimum absolute atomic E-state index is 0.297. The molecular weight excluding hydrogens is 230 g/mol. The summed E-state index contributed by atoms with van der Waals surface area (Å²) in [5.41, 5.74) is 2.30. The van der Waals surface area contributed by atoms with Gasteiger partial charge in [0.15, 0.2) is 0 Å². The molecule has 0 heterocycles. The van der Waals surface area contributed by atoms with Gasteiger partial charge in [0, 0.05) is 6.21 Å². The fourth-order valence-corrected chi connectivity index (χ4v) is 1.77. The largest absolute Gasteiger partial charge is 0.234 e. The lowest BCUT2D eigenvalue weighted by molar-refractivity contribution is 0.651. The van der Waals surface area contributed by atoms with Crippen LogP contribution >= 0.6 is 0 Å². The fraction of sp³-hybridized carbons (Fsp3) is 0.500. The molecule has 1 rings (SSSR count). The molecule has 94 valence electrons. The van der Waals surface area contributed by atoms with E-state index in [4.69, 9.17) is 0 Å². The van der Waals surface area contributed by atoms with Gasteiger partial charge in [0.2, 0.25) is 0 Å². The summed E-state index contributed by atoms with van der Waals surface area (Å²) in [5.74, 6) is 0.532. The number of benzene rings is 1. The van der Waals surface area contributed by atoms with Gasteiger partial charge in [-0.1, -0.05) is 38.1 Å². The molecule has 0 amide bonds. The summed E-state index contributed by atoms with van der Waals surface area (Å²) in [6, 6.07) is 8.20. The van der Waals surface area contributed by atoms with Crippen molar-refractivity contribution in [3.8, 4) is 0 Å². The van der Waals surface area contributed by atoms with Gasteiger partial charge in [-0.2, -0.15) is 4.40 Å². The molecule has 0 aliphatic rings. The van der Waals surface area contributed by atoms with Crippen LogP contribution in [0.5, 0.6) is 0 Å². The minimum atomic E-state index is -1.18. The summed E-state index contributed by atoms with van der Waals surface area (Å²) in [7, 11) is -1.18. The van der Waals surface area contributed by atoms with E-state index in [0.29, 0.717) is 5.92 Å². The van der Waals surface area contributed by atoms with Crippen molar-refractivity contribution in [3.63, 3.8) is 0 Å². The summed E-state index contributed by atoms with van der Waals surface area (Å²) < 4.78 is 15.5. The molecule has 0 fully saturated rings. The maximum atomic E-state index is 11.7. The molecule has 0 aliphatic heterocycles. The van der Waals surface area contributed by atoms with E-state index in [1.54, 1.807) is 6.21 Å². The van der Waals surface area contributed by atoms with Gasteiger partial charge in [-0.3, -0.25) is 0 Å². The molecule has 1 aromatic rings. The molecular formula is C14H21NOS. The molecule has 0 spiro atoms. The van der Waals surface area contributed by atoms with E-state index in [1.165, 1.54) is 5.56 Å². The van der Waals surface area contributed by atoms with E-state index in [9.17, 15) is 4.21 Å². The smallest absolute Gasteiger partial charge is 0.144 e. The number of nitrogens with zero attached hydrogens (tertiary/aromatic N) is 1. The second-order valence-corrected chi connectivity index (χ2v) is 7.35. The van der Waals surface area contributed by atoms with Crippen molar-refractivity contribution in [2.75, 3.05) is 0 Å². The zero-order valence-corrected chi connectivity index (χ0v) is 12.0. The van der Waals surface area contributed by atoms with Crippen LogP contribution in [0.2, 0.25) is 0 Å². The highest BCUT2D eigenvalue weighted by Crippen LogP contribution is 2.15. The summed E-state index contributed by atoms with van der Waals surface area (Å²) in [4.78, 5) is 0. The van der Waals surface area contributed by atoms with Gasteiger partial charge in [-0.15, -0.1) is 0 Å². The lowest BCUT2D eigenvalue weighted by atomic mass is 10.0. The van der Waals surface area contributed by atoms with Crippen LogP contribution in [0.25, 0.3) is 0 Å². The third-order valence-corrected chi connectivity index (χ3v) is 3.77. The van der Waals surface area contributed by atoms with Crippen molar-refractivity contribution in [2.45, 2.75) is 45.3 Å². The van der Waals surface area contributed by atoms with Crippen LogP contribution in [-0.2, 0) is 11.0 Å². The van der Waals surface area contributed by atoms with Crippen LogP contribution in [0, 0.1) is 0 Å². The van der Waals surface area contributed by atoms with Crippen molar-refractivity contribution in [3.05, 3.63) is 35.4 Å². The standard InChI is InChI=1S/C14H21NOS/c1-11(2)13-8-6-12(7-9-13)10-15-17(16)14(3,4)5/h6-11H,1-5H3/t17-/m1/s1. The highest BCUT2D eigenvalue weighted by molar-refractivity contribution is 7.85. The predicted molar refractivity (Wildman–Crippen MR) is 76.0 cm³/mol. The van der Waals surface area contributed by atoms with E-state index in [2.05, 4.69) is 30.4 Å². The van der Waals surface area contributed by atoms with Crippen LogP contribution in [0.1, 0.15) is 51.7 Å². The Morgan fingerprint density at radius 2 is 1.71 bits per heavy atom. The van der Waals surface area contributed by atoms with E-state index >= 15 is 0 Å². The zero-order chi connectivity index (χ0) is 13.1. The van der Waals surface area contributed by atoms with Crippen molar-refractivity contribution in [1.29, 1.82) is 0 Å². The zero-order valence-electron chi connectivity index (χ0n) is 11.2. The van der Waals surface area contributed by atoms with Crippen LogP contribution in [0.3, 0.4) is 0 Å². The molecule has 2 nitrogen and oxygen atoms in total. The monoisotopic (exact) mass is 251 g/mol. The van der Waals surface area contributed by atoms with Crippen LogP contribution < -0.4 is 0 Å². The Balaban J connectivity index is 2.76. The van der Waals surface area contributed by atoms with Gasteiger partial charge in [0.05, 0.1) is 4.75 Å². The maximum Gasteiger partial charge on any atom is 0.144 e. The predicted octanol–water partition coefficient (Wildman–Crippen LogP) is 3.69. The first-order valence-corrected chi connectivity index (χ1v) is 6.97. The molecule has 0 radical (unpaired) electrons. The Kier molecular flexibility index (Phi) is 4.63. The number of rotatable bonds is 3. The van der Waals surface area contributed by atoms with Crippen LogP contribution in [0.15, 0.2) is 28.7 Å². The molecule has 3 heteroatoms. The lowest BCUT2D eigenvalue weighted by Crippen LogP contribution is -2.19. The topological polar surface area (TPSA) is 29.4 Å². The highest BCUT2D eigenvalue weighted by atomic mass is 32.2. The summed E-state index contributed by atoms with van der Waals surface area (Å²) >= 11 is 0. The molecule has 0 saturated carbocycles. The summed E-state index contributed by atoms with van der Waals surface area (Å²) in [6.07, 6.45) is 1.69. The van der Waals surface area contributed by atoms with Crippen molar-refractivity contribution in [1.82, 2.24) is 0 Å². The average Bonchev–Trinajstić information content (AvgIpc) is 2.25. The van der Waals surface area contributed by atoms with Gasteiger partial charge in [0.25, 0.3) is 0 Å². The van der Waals surface area contributed by atoms with Gasteiger partial charge in [0.1, 0.15) is 11.0 Å². The van der Waals surface area contributed by atoms with Crippen LogP contribution in [-0.4, -0.2) is 15.2 Å². The van der Waals surface area contributed by atoms with Crippen molar-refractivity contribution in [2.24, 2.45) is 4.40 Å². The summed E-state index contributed by atoms with van der Waals surface area (Å²) in [5, 5.41) is 0. The maximum absolute atomic E-state index is 11.7. The second-order valence-electron chi connectivity index (χ2n) is 5.42. The quantitative estimate of drug-likeness (QED) is 0.753. The number of hydrogen-bond donors (Lipinski definition) is 0. The molecule has 0 N–H and O–H groups in total. The van der Waals surface area contributed by atoms with Crippen molar-refractivity contribution < 1.29 is 4.21 Å². The number of hydrogen-bond acceptors (Lipinski definition) is 1. The van der Waals surface area contributed by atoms with Gasteiger partial charge < -0.3 is 0 Å². The third kappa shape index (κ3) is 4.43. The first kappa shape index (κ1) is 14.1. The van der Waals surface area contributed by atoms with Gasteiger partial charge in [-0.25, -0.2) is 4.21 Å². The van der Waals surface area contributed by atoms with E-state index < -0.39 is 11.0 Å². The first-order valence-electron chi connectivity index (χ1n) is 5.86. The Hall–Kier alpha value is -0.960. The summed E-state index contributed by atoms with van der Waals surface area (Å²) in [6.45, 7) is 10.1. The molecule has 0 bridgehead atoms. The molecule has 0 saturated heterocycles. The molecule has 1 aromatic carbocycles. The molecule has 0 aromatic heterocycles. The van der Waals surface area contributed by atoms with E-state index in [1.807, 2.05) is 32.9 Å². The molecule has 17 heavy (non-hydrogen) atoms. The molecule has 0 aliphatic carbocycles. The average molecular weight is 251 g/mol. The Morgan fingerprint density at radius 1 is 1.18 bits per heavy atom. The minimum Gasteiger partial charge on any atom is -0.234 e. The first-order chi connectivity index (χ1) is 7.80. The van der Waals surface area contributed by atoms with Crippen molar-refractivity contribution >= 4 is 17.2 Å². The second kappa shape index (κ2) is 5.58. The Morgan fingerprint density at radius 3 is 2.12 bits per heavy atom. The van der Waals surface area contributed by atoms with E-state index in [0.717, 1.165) is 5.56 Å². The molecule has 1 atom stereocenters. The Labute approximate surface area is 107 Å². The van der Waals surface area contributed by atoms with Crippen LogP contribution in [0.4, 0.5) is 0 Å². The molecule has 0 unspecified atom stereocenters. The third-order valence-electron chi connectivity index (χ3n) is 2.42. The normalized spacial score (nSPS) is 14.5. The Bertz CT molecular complexity index is 413. The lowest BCUT2D eigenvalue weighted by Gasteiger charge is -2.12.